The maximum Gasteiger partial charge on any atom is 0.320 e. The van der Waals surface area contributed by atoms with E-state index in [4.69, 9.17) is 5.11 Å². The van der Waals surface area contributed by atoms with Crippen molar-refractivity contribution in [1.82, 2.24) is 25.2 Å². The normalized spacial score (nSPS) is 15.0. The summed E-state index contributed by atoms with van der Waals surface area (Å²) in [6.07, 6.45) is 1.48. The van der Waals surface area contributed by atoms with E-state index in [1.54, 1.807) is 48.5 Å². The van der Waals surface area contributed by atoms with Crippen LogP contribution in [0.15, 0.2) is 90.2 Å². The number of carboxylic acid groups (broad SMARTS) is 1. The van der Waals surface area contributed by atoms with Crippen LogP contribution in [0.3, 0.4) is 0 Å². The van der Waals surface area contributed by atoms with Gasteiger partial charge in [0.15, 0.2) is 5.65 Å². The first-order valence-electron chi connectivity index (χ1n) is 13.8. The van der Waals surface area contributed by atoms with Crippen molar-refractivity contribution in [3.8, 4) is 11.3 Å². The molecule has 0 unspecified atom stereocenters. The highest BCUT2D eigenvalue weighted by Gasteiger charge is 2.32. The molecule has 0 aliphatic carbocycles. The van der Waals surface area contributed by atoms with Crippen molar-refractivity contribution in [2.24, 2.45) is 4.99 Å². The van der Waals surface area contributed by atoms with Crippen molar-refractivity contribution in [1.29, 1.82) is 0 Å². The second-order valence-electron chi connectivity index (χ2n) is 10.2. The lowest BCUT2D eigenvalue weighted by Crippen LogP contribution is -2.42. The van der Waals surface area contributed by atoms with Crippen molar-refractivity contribution in [3.05, 3.63) is 119 Å². The number of rotatable bonds is 8. The minimum Gasteiger partial charge on any atom is -0.480 e. The number of benzodiazepines with no additional fused rings is 1. The average molecular weight is 610 g/mol. The second-order valence-corrected chi connectivity index (χ2v) is 10.2. The number of amides is 2. The third kappa shape index (κ3) is 5.76. The number of aliphatic imine (C=N–C) groups is 1. The van der Waals surface area contributed by atoms with Crippen molar-refractivity contribution in [2.45, 2.75) is 25.7 Å². The number of aromatic nitrogens is 3. The van der Waals surface area contributed by atoms with Crippen LogP contribution in [0.25, 0.3) is 16.9 Å². The van der Waals surface area contributed by atoms with Gasteiger partial charge in [0.2, 0.25) is 6.17 Å². The van der Waals surface area contributed by atoms with Crippen LogP contribution in [0, 0.1) is 11.6 Å². The van der Waals surface area contributed by atoms with Gasteiger partial charge in [0.1, 0.15) is 28.9 Å². The highest BCUT2D eigenvalue weighted by molar-refractivity contribution is 6.20. The molecule has 45 heavy (non-hydrogen) atoms. The smallest absolute Gasteiger partial charge is 0.320 e. The van der Waals surface area contributed by atoms with E-state index in [-0.39, 0.29) is 40.4 Å². The Labute approximate surface area is 254 Å². The van der Waals surface area contributed by atoms with Crippen LogP contribution in [-0.4, -0.2) is 55.4 Å². The monoisotopic (exact) mass is 609 g/mol. The lowest BCUT2D eigenvalue weighted by Gasteiger charge is -2.14. The van der Waals surface area contributed by atoms with Gasteiger partial charge in [-0.3, -0.25) is 14.4 Å². The van der Waals surface area contributed by atoms with Gasteiger partial charge >= 0.3 is 5.97 Å². The number of hydrogen-bond donors (Lipinski definition) is 4. The van der Waals surface area contributed by atoms with Gasteiger partial charge in [0.25, 0.3) is 11.8 Å². The molecule has 0 radical (unpaired) electrons. The lowest BCUT2D eigenvalue weighted by molar-refractivity contribution is -0.139. The summed E-state index contributed by atoms with van der Waals surface area (Å²) in [4.78, 5) is 47.2. The molecule has 0 bridgehead atoms. The number of fused-ring (bicyclic) bond motifs is 2. The van der Waals surface area contributed by atoms with E-state index in [0.29, 0.717) is 16.7 Å². The quantitative estimate of drug-likeness (QED) is 0.209. The van der Waals surface area contributed by atoms with Gasteiger partial charge in [-0.25, -0.2) is 23.3 Å². The van der Waals surface area contributed by atoms with Crippen molar-refractivity contribution >= 4 is 34.8 Å². The minimum atomic E-state index is -1.50. The SMILES string of the molecule is C[C@@H](NCc1ccc(-c2nn3cccnc3c2C(=O)N[C@H]2N=C(c3ccccc3)c3cccc(F)c3NC2=O)c(F)c1)C(=O)O. The minimum absolute atomic E-state index is 0.0195. The maximum absolute atomic E-state index is 15.5. The molecule has 4 N–H and O–H groups in total. The predicted octanol–water partition coefficient (Wildman–Crippen LogP) is 3.78. The summed E-state index contributed by atoms with van der Waals surface area (Å²) >= 11 is 0. The molecule has 13 heteroatoms. The first-order chi connectivity index (χ1) is 21.7. The molecular weight excluding hydrogens is 584 g/mol. The molecule has 226 valence electrons. The summed E-state index contributed by atoms with van der Waals surface area (Å²) in [7, 11) is 0. The van der Waals surface area contributed by atoms with Crippen LogP contribution < -0.4 is 16.0 Å². The number of anilines is 1. The zero-order valence-corrected chi connectivity index (χ0v) is 23.7. The summed E-state index contributed by atoms with van der Waals surface area (Å²) in [6, 6.07) is 18.1. The third-order valence-corrected chi connectivity index (χ3v) is 7.23. The molecule has 0 spiro atoms. The number of para-hydroxylation sites is 1. The second kappa shape index (κ2) is 12.1. The molecule has 2 amide bonds. The molecule has 11 nitrogen and oxygen atoms in total. The number of aliphatic carboxylic acids is 1. The zero-order valence-electron chi connectivity index (χ0n) is 23.7. The number of halogens is 2. The van der Waals surface area contributed by atoms with Crippen LogP contribution in [0.5, 0.6) is 0 Å². The highest BCUT2D eigenvalue weighted by atomic mass is 19.1. The fourth-order valence-corrected chi connectivity index (χ4v) is 4.92. The van der Waals surface area contributed by atoms with Crippen LogP contribution in [0.2, 0.25) is 0 Å². The predicted molar refractivity (Wildman–Crippen MR) is 161 cm³/mol. The van der Waals surface area contributed by atoms with Crippen molar-refractivity contribution in [3.63, 3.8) is 0 Å². The summed E-state index contributed by atoms with van der Waals surface area (Å²) in [5.41, 5.74) is 1.52. The van der Waals surface area contributed by atoms with Crippen LogP contribution in [0.4, 0.5) is 14.5 Å². The van der Waals surface area contributed by atoms with E-state index >= 15 is 4.39 Å². The molecule has 0 fully saturated rings. The number of carboxylic acids is 1. The van der Waals surface area contributed by atoms with Crippen molar-refractivity contribution < 1.29 is 28.3 Å². The van der Waals surface area contributed by atoms with E-state index in [1.165, 1.54) is 48.1 Å². The first kappa shape index (κ1) is 29.3. The summed E-state index contributed by atoms with van der Waals surface area (Å²) < 4.78 is 31.7. The van der Waals surface area contributed by atoms with E-state index in [0.717, 1.165) is 0 Å². The van der Waals surface area contributed by atoms with Gasteiger partial charge in [0.05, 0.1) is 11.4 Å². The number of nitrogens with one attached hydrogen (secondary N) is 3. The molecule has 6 rings (SSSR count). The molecule has 1 aliphatic rings. The largest absolute Gasteiger partial charge is 0.480 e. The van der Waals surface area contributed by atoms with Crippen molar-refractivity contribution in [2.75, 3.05) is 5.32 Å². The van der Waals surface area contributed by atoms with Gasteiger partial charge in [0, 0.05) is 35.6 Å². The number of carbonyl (C=O) groups is 3. The molecule has 0 saturated heterocycles. The van der Waals surface area contributed by atoms with E-state index in [1.807, 2.05) is 0 Å². The maximum atomic E-state index is 15.5. The van der Waals surface area contributed by atoms with Crippen LogP contribution in [-0.2, 0) is 16.1 Å². The van der Waals surface area contributed by atoms with E-state index < -0.39 is 41.6 Å². The number of hydrogen-bond acceptors (Lipinski definition) is 7. The average Bonchev–Trinajstić information content (AvgIpc) is 3.35. The molecule has 2 atom stereocenters. The molecule has 1 aliphatic heterocycles. The Morgan fingerprint density at radius 2 is 1.82 bits per heavy atom. The fraction of sp³-hybridized carbons (Fsp3) is 0.125. The standard InChI is InChI=1S/C32H25F2N7O4/c1-17(32(44)45)36-16-18-11-12-20(23(34)15-18)27-24(29-35-13-6-14-41(29)40-27)30(42)39-28-31(43)38-26-21(9-5-10-22(26)33)25(37-28)19-7-3-2-4-8-19/h2-15,17,28,36H,16H2,1H3,(H,38,43)(H,39,42)(H,44,45)/t17-,28-/m1/s1. The topological polar surface area (TPSA) is 150 Å². The van der Waals surface area contributed by atoms with Gasteiger partial charge in [-0.15, -0.1) is 0 Å². The summed E-state index contributed by atoms with van der Waals surface area (Å²) in [5.74, 6) is -4.03. The molecule has 3 aromatic carbocycles. The Balaban J connectivity index is 1.38. The molecule has 0 saturated carbocycles. The zero-order chi connectivity index (χ0) is 31.7. The summed E-state index contributed by atoms with van der Waals surface area (Å²) in [5, 5.41) is 21.4. The Kier molecular flexibility index (Phi) is 7.84. The molecular formula is C32H25F2N7O4. The van der Waals surface area contributed by atoms with Gasteiger partial charge in [-0.1, -0.05) is 48.5 Å². The van der Waals surface area contributed by atoms with E-state index in [9.17, 15) is 18.8 Å². The lowest BCUT2D eigenvalue weighted by atomic mass is 10.0. The molecule has 3 heterocycles. The van der Waals surface area contributed by atoms with Gasteiger partial charge < -0.3 is 21.1 Å². The first-order valence-corrected chi connectivity index (χ1v) is 13.8. The molecule has 2 aromatic heterocycles. The van der Waals surface area contributed by atoms with Crippen LogP contribution >= 0.6 is 0 Å². The Morgan fingerprint density at radius 1 is 1.02 bits per heavy atom. The molecule has 5 aromatic rings. The van der Waals surface area contributed by atoms with Crippen LogP contribution in [0.1, 0.15) is 34.0 Å². The Hall–Kier alpha value is -5.82. The van der Waals surface area contributed by atoms with E-state index in [2.05, 4.69) is 31.0 Å². The third-order valence-electron chi connectivity index (χ3n) is 7.23. The van der Waals surface area contributed by atoms with Gasteiger partial charge in [-0.05, 0) is 36.8 Å². The summed E-state index contributed by atoms with van der Waals surface area (Å²) in [6.45, 7) is 1.56. The Bertz CT molecular complexity index is 1990. The number of nitrogens with zero attached hydrogens (tertiary/aromatic N) is 4. The Morgan fingerprint density at radius 3 is 2.58 bits per heavy atom. The highest BCUT2D eigenvalue weighted by Crippen LogP contribution is 2.30. The fourth-order valence-electron chi connectivity index (χ4n) is 4.92. The number of benzene rings is 3. The number of carbonyl (C=O) groups excluding carboxylic acids is 2. The van der Waals surface area contributed by atoms with Gasteiger partial charge in [-0.2, -0.15) is 5.10 Å².